The van der Waals surface area contributed by atoms with Crippen LogP contribution in [-0.4, -0.2) is 16.8 Å². The molecule has 1 fully saturated rings. The molecule has 0 spiro atoms. The summed E-state index contributed by atoms with van der Waals surface area (Å²) in [5, 5.41) is 0.545. The lowest BCUT2D eigenvalue weighted by molar-refractivity contribution is -0.116. The van der Waals surface area contributed by atoms with E-state index in [1.807, 2.05) is 0 Å². The molecular formula is C15H18F2OS. The van der Waals surface area contributed by atoms with Gasteiger partial charge in [0, 0.05) is 17.2 Å². The van der Waals surface area contributed by atoms with Crippen LogP contribution in [-0.2, 0) is 11.2 Å². The van der Waals surface area contributed by atoms with Gasteiger partial charge in [-0.15, -0.1) is 0 Å². The van der Waals surface area contributed by atoms with E-state index in [1.54, 1.807) is 11.8 Å². The van der Waals surface area contributed by atoms with Crippen molar-refractivity contribution < 1.29 is 13.6 Å². The third-order valence-electron chi connectivity index (χ3n) is 3.47. The van der Waals surface area contributed by atoms with Crippen LogP contribution in [0.1, 0.15) is 37.7 Å². The average molecular weight is 284 g/mol. The van der Waals surface area contributed by atoms with Gasteiger partial charge in [0.2, 0.25) is 0 Å². The highest BCUT2D eigenvalue weighted by atomic mass is 32.2. The van der Waals surface area contributed by atoms with Gasteiger partial charge in [0.1, 0.15) is 17.4 Å². The van der Waals surface area contributed by atoms with Crippen molar-refractivity contribution >= 4 is 17.5 Å². The fraction of sp³-hybridized carbons (Fsp3) is 0.533. The van der Waals surface area contributed by atoms with Crippen molar-refractivity contribution in [2.24, 2.45) is 0 Å². The van der Waals surface area contributed by atoms with E-state index in [2.05, 4.69) is 0 Å². The first-order chi connectivity index (χ1) is 9.16. The third-order valence-corrected chi connectivity index (χ3v) is 4.90. The molecule has 0 amide bonds. The van der Waals surface area contributed by atoms with Crippen LogP contribution in [0, 0.1) is 11.6 Å². The van der Waals surface area contributed by atoms with Gasteiger partial charge < -0.3 is 0 Å². The zero-order valence-electron chi connectivity index (χ0n) is 10.8. The molecule has 0 N–H and O–H groups in total. The third kappa shape index (κ3) is 4.30. The Bertz CT molecular complexity index is 422. The van der Waals surface area contributed by atoms with E-state index in [1.165, 1.54) is 37.5 Å². The summed E-state index contributed by atoms with van der Waals surface area (Å²) in [6.07, 6.45) is 5.92. The Balaban J connectivity index is 1.83. The van der Waals surface area contributed by atoms with Gasteiger partial charge in [0.15, 0.2) is 0 Å². The summed E-state index contributed by atoms with van der Waals surface area (Å²) < 4.78 is 26.8. The molecule has 0 unspecified atom stereocenters. The number of Topliss-reactive ketones (excluding diaryl/α,β-unsaturated/α-hetero) is 1. The molecule has 0 heterocycles. The molecule has 1 aromatic carbocycles. The van der Waals surface area contributed by atoms with Crippen molar-refractivity contribution in [1.82, 2.24) is 0 Å². The first kappa shape index (κ1) is 14.5. The number of hydrogen-bond acceptors (Lipinski definition) is 2. The van der Waals surface area contributed by atoms with Crippen LogP contribution in [0.3, 0.4) is 0 Å². The van der Waals surface area contributed by atoms with Gasteiger partial charge in [-0.25, -0.2) is 8.78 Å². The topological polar surface area (TPSA) is 17.1 Å². The molecule has 4 heteroatoms. The lowest BCUT2D eigenvalue weighted by Gasteiger charge is -2.20. The predicted molar refractivity (Wildman–Crippen MR) is 74.4 cm³/mol. The van der Waals surface area contributed by atoms with Crippen LogP contribution in [0.4, 0.5) is 8.78 Å². The van der Waals surface area contributed by atoms with E-state index < -0.39 is 11.6 Å². The predicted octanol–water partition coefficient (Wildman–Crippen LogP) is 4.14. The minimum Gasteiger partial charge on any atom is -0.298 e. The molecule has 0 saturated heterocycles. The highest BCUT2D eigenvalue weighted by Gasteiger charge is 2.17. The maximum atomic E-state index is 13.4. The van der Waals surface area contributed by atoms with Crippen molar-refractivity contribution in [3.8, 4) is 0 Å². The summed E-state index contributed by atoms with van der Waals surface area (Å²) in [6, 6.07) is 3.70. The van der Waals surface area contributed by atoms with Gasteiger partial charge in [-0.1, -0.05) is 25.3 Å². The second-order valence-electron chi connectivity index (χ2n) is 4.99. The first-order valence-corrected chi connectivity index (χ1v) is 7.78. The van der Waals surface area contributed by atoms with Gasteiger partial charge in [-0.2, -0.15) is 11.8 Å². The van der Waals surface area contributed by atoms with Crippen LogP contribution in [0.25, 0.3) is 0 Å². The normalized spacial score (nSPS) is 16.5. The van der Waals surface area contributed by atoms with E-state index in [-0.39, 0.29) is 17.8 Å². The van der Waals surface area contributed by atoms with Gasteiger partial charge in [0.25, 0.3) is 0 Å². The number of hydrogen-bond donors (Lipinski definition) is 0. The lowest BCUT2D eigenvalue weighted by Crippen LogP contribution is -2.14. The smallest absolute Gasteiger partial charge is 0.147 e. The molecule has 0 atom stereocenters. The van der Waals surface area contributed by atoms with E-state index in [0.29, 0.717) is 11.0 Å². The molecule has 1 aliphatic rings. The Morgan fingerprint density at radius 3 is 2.42 bits per heavy atom. The highest BCUT2D eigenvalue weighted by Crippen LogP contribution is 2.28. The minimum absolute atomic E-state index is 0.0976. The molecule has 2 rings (SSSR count). The molecule has 104 valence electrons. The summed E-state index contributed by atoms with van der Waals surface area (Å²) >= 11 is 1.64. The number of carbonyl (C=O) groups is 1. The van der Waals surface area contributed by atoms with Crippen LogP contribution in [0.5, 0.6) is 0 Å². The Labute approximate surface area is 116 Å². The second-order valence-corrected chi connectivity index (χ2v) is 6.28. The molecule has 0 bridgehead atoms. The number of thioether (sulfide) groups is 1. The average Bonchev–Trinajstić information content (AvgIpc) is 2.42. The van der Waals surface area contributed by atoms with Crippen LogP contribution >= 0.6 is 11.8 Å². The van der Waals surface area contributed by atoms with Crippen molar-refractivity contribution in [2.45, 2.75) is 43.8 Å². The Hall–Kier alpha value is -0.900. The number of benzene rings is 1. The molecule has 0 aromatic heterocycles. The monoisotopic (exact) mass is 284 g/mol. The van der Waals surface area contributed by atoms with Crippen molar-refractivity contribution in [3.05, 3.63) is 35.4 Å². The van der Waals surface area contributed by atoms with Crippen molar-refractivity contribution in [3.63, 3.8) is 0 Å². The van der Waals surface area contributed by atoms with E-state index in [4.69, 9.17) is 0 Å². The van der Waals surface area contributed by atoms with Crippen molar-refractivity contribution in [2.75, 3.05) is 5.75 Å². The van der Waals surface area contributed by atoms with Gasteiger partial charge in [-0.3, -0.25) is 4.79 Å². The standard InChI is InChI=1S/C15H18F2OS/c16-14-7-4-8-15(17)13(14)9-11(18)10-19-12-5-2-1-3-6-12/h4,7-8,12H,1-3,5-6,9-10H2. The lowest BCUT2D eigenvalue weighted by atomic mass is 10.0. The maximum absolute atomic E-state index is 13.4. The van der Waals surface area contributed by atoms with E-state index in [0.717, 1.165) is 12.8 Å². The molecule has 1 nitrogen and oxygen atoms in total. The zero-order chi connectivity index (χ0) is 13.7. The van der Waals surface area contributed by atoms with E-state index >= 15 is 0 Å². The Morgan fingerprint density at radius 1 is 1.16 bits per heavy atom. The van der Waals surface area contributed by atoms with Gasteiger partial charge in [0.05, 0.1) is 5.75 Å². The largest absolute Gasteiger partial charge is 0.298 e. The van der Waals surface area contributed by atoms with Crippen molar-refractivity contribution in [1.29, 1.82) is 0 Å². The Morgan fingerprint density at radius 2 is 1.79 bits per heavy atom. The number of rotatable bonds is 5. The maximum Gasteiger partial charge on any atom is 0.147 e. The summed E-state index contributed by atoms with van der Waals surface area (Å²) in [5.74, 6) is -0.995. The molecule has 19 heavy (non-hydrogen) atoms. The van der Waals surface area contributed by atoms with Crippen LogP contribution in [0.15, 0.2) is 18.2 Å². The minimum atomic E-state index is -0.629. The van der Waals surface area contributed by atoms with Gasteiger partial charge in [-0.05, 0) is 25.0 Å². The number of ketones is 1. The zero-order valence-corrected chi connectivity index (χ0v) is 11.6. The molecule has 1 aliphatic carbocycles. The highest BCUT2D eigenvalue weighted by molar-refractivity contribution is 8.00. The number of carbonyl (C=O) groups excluding carboxylic acids is 1. The summed E-state index contributed by atoms with van der Waals surface area (Å²) in [7, 11) is 0. The quantitative estimate of drug-likeness (QED) is 0.808. The fourth-order valence-corrected chi connectivity index (χ4v) is 3.58. The molecule has 0 aliphatic heterocycles. The second kappa shape index (κ2) is 7.04. The molecule has 1 saturated carbocycles. The van der Waals surface area contributed by atoms with Crippen LogP contribution in [0.2, 0.25) is 0 Å². The fourth-order valence-electron chi connectivity index (χ4n) is 2.39. The first-order valence-electron chi connectivity index (χ1n) is 6.73. The Kier molecular flexibility index (Phi) is 5.37. The van der Waals surface area contributed by atoms with Gasteiger partial charge >= 0.3 is 0 Å². The van der Waals surface area contributed by atoms with E-state index in [9.17, 15) is 13.6 Å². The van der Waals surface area contributed by atoms with Crippen LogP contribution < -0.4 is 0 Å². The number of halogens is 2. The summed E-state index contributed by atoms with van der Waals surface area (Å²) in [4.78, 5) is 11.8. The summed E-state index contributed by atoms with van der Waals surface area (Å²) in [5.41, 5.74) is -0.100. The summed E-state index contributed by atoms with van der Waals surface area (Å²) in [6.45, 7) is 0. The SMILES string of the molecule is O=C(CSC1CCCCC1)Cc1c(F)cccc1F. The molecule has 1 aromatic rings. The molecule has 0 radical (unpaired) electrons. The molecular weight excluding hydrogens is 266 g/mol.